The zero-order valence-corrected chi connectivity index (χ0v) is 13.1. The van der Waals surface area contributed by atoms with Gasteiger partial charge in [-0.05, 0) is 43.0 Å². The summed E-state index contributed by atoms with van der Waals surface area (Å²) in [5.41, 5.74) is 0.975. The minimum absolute atomic E-state index is 0.0273. The molecule has 5 nitrogen and oxygen atoms in total. The molecule has 5 heteroatoms. The Kier molecular flexibility index (Phi) is 5.20. The summed E-state index contributed by atoms with van der Waals surface area (Å²) in [5.74, 6) is -0.804. The van der Waals surface area contributed by atoms with Crippen molar-refractivity contribution in [1.82, 2.24) is 4.57 Å². The Labute approximate surface area is 129 Å². The number of aromatic nitrogens is 1. The van der Waals surface area contributed by atoms with Crippen molar-refractivity contribution < 1.29 is 9.90 Å². The number of carbonyl (C=O) groups is 1. The van der Waals surface area contributed by atoms with Crippen LogP contribution in [0, 0.1) is 0 Å². The van der Waals surface area contributed by atoms with Crippen molar-refractivity contribution in [1.29, 1.82) is 0 Å². The lowest BCUT2D eigenvalue weighted by atomic mass is 10.1. The Morgan fingerprint density at radius 3 is 2.68 bits per heavy atom. The van der Waals surface area contributed by atoms with Gasteiger partial charge in [-0.1, -0.05) is 6.92 Å². The fourth-order valence-electron chi connectivity index (χ4n) is 2.59. The van der Waals surface area contributed by atoms with Crippen molar-refractivity contribution >= 4 is 22.4 Å². The Bertz CT molecular complexity index is 721. The van der Waals surface area contributed by atoms with E-state index in [1.165, 1.54) is 0 Å². The number of nitrogens with zero attached hydrogens (tertiary/aromatic N) is 2. The predicted molar refractivity (Wildman–Crippen MR) is 88.6 cm³/mol. The average Bonchev–Trinajstić information content (AvgIpc) is 2.50. The normalized spacial score (nSPS) is 10.8. The maximum atomic E-state index is 12.4. The largest absolute Gasteiger partial charge is 0.481 e. The summed E-state index contributed by atoms with van der Waals surface area (Å²) in [6.45, 7) is 5.94. The van der Waals surface area contributed by atoms with Crippen molar-refractivity contribution in [3.8, 4) is 0 Å². The van der Waals surface area contributed by atoms with Crippen LogP contribution < -0.4 is 10.5 Å². The third-order valence-corrected chi connectivity index (χ3v) is 3.77. The van der Waals surface area contributed by atoms with E-state index in [0.717, 1.165) is 30.6 Å². The molecule has 0 atom stereocenters. The molecule has 0 aliphatic rings. The highest BCUT2D eigenvalue weighted by atomic mass is 16.4. The number of hydrogen-bond donors (Lipinski definition) is 1. The summed E-state index contributed by atoms with van der Waals surface area (Å²) >= 11 is 0. The van der Waals surface area contributed by atoms with E-state index in [2.05, 4.69) is 0 Å². The van der Waals surface area contributed by atoms with Crippen molar-refractivity contribution in [2.45, 2.75) is 33.2 Å². The molecule has 1 aromatic carbocycles. The molecule has 118 valence electrons. The lowest BCUT2D eigenvalue weighted by molar-refractivity contribution is -0.136. The first-order chi connectivity index (χ1) is 10.6. The number of aryl methyl sites for hydroxylation is 1. The monoisotopic (exact) mass is 302 g/mol. The number of pyridine rings is 1. The van der Waals surface area contributed by atoms with E-state index in [9.17, 15) is 9.59 Å². The topological polar surface area (TPSA) is 62.5 Å². The molecular formula is C17H22N2O3. The number of aliphatic carboxylic acids is 1. The van der Waals surface area contributed by atoms with E-state index in [1.807, 2.05) is 49.2 Å². The summed E-state index contributed by atoms with van der Waals surface area (Å²) in [4.78, 5) is 25.1. The number of carboxylic acid groups (broad SMARTS) is 1. The first-order valence-electron chi connectivity index (χ1n) is 7.66. The Morgan fingerprint density at radius 1 is 1.27 bits per heavy atom. The van der Waals surface area contributed by atoms with E-state index in [0.29, 0.717) is 11.9 Å². The molecule has 0 aliphatic heterocycles. The van der Waals surface area contributed by atoms with Crippen molar-refractivity contribution in [3.63, 3.8) is 0 Å². The maximum absolute atomic E-state index is 12.4. The molecule has 22 heavy (non-hydrogen) atoms. The average molecular weight is 302 g/mol. The first kappa shape index (κ1) is 16.1. The van der Waals surface area contributed by atoms with Crippen LogP contribution in [0.4, 0.5) is 5.69 Å². The molecule has 0 radical (unpaired) electrons. The second-order valence-corrected chi connectivity index (χ2v) is 5.31. The van der Waals surface area contributed by atoms with E-state index >= 15 is 0 Å². The van der Waals surface area contributed by atoms with Gasteiger partial charge in [0.15, 0.2) is 0 Å². The highest BCUT2D eigenvalue weighted by Crippen LogP contribution is 2.20. The minimum atomic E-state index is -0.804. The van der Waals surface area contributed by atoms with Crippen LogP contribution in [0.1, 0.15) is 26.7 Å². The molecule has 1 heterocycles. The van der Waals surface area contributed by atoms with Gasteiger partial charge in [0.1, 0.15) is 0 Å². The molecule has 0 fully saturated rings. The van der Waals surface area contributed by atoms with Crippen LogP contribution in [0.2, 0.25) is 0 Å². The zero-order chi connectivity index (χ0) is 16.1. The Morgan fingerprint density at radius 2 is 2.05 bits per heavy atom. The predicted octanol–water partition coefficient (Wildman–Crippen LogP) is 2.71. The van der Waals surface area contributed by atoms with Gasteiger partial charge in [-0.2, -0.15) is 0 Å². The number of rotatable bonds is 7. The van der Waals surface area contributed by atoms with E-state index in [1.54, 1.807) is 4.57 Å². The van der Waals surface area contributed by atoms with Crippen LogP contribution in [0.15, 0.2) is 35.3 Å². The molecule has 0 saturated heterocycles. The van der Waals surface area contributed by atoms with Gasteiger partial charge in [0, 0.05) is 36.9 Å². The van der Waals surface area contributed by atoms with Gasteiger partial charge in [0.2, 0.25) is 0 Å². The SMILES string of the molecule is CCCn1ccc2cc(N(CC)CCC(=O)O)ccc2c1=O. The summed E-state index contributed by atoms with van der Waals surface area (Å²) in [5, 5.41) is 10.4. The van der Waals surface area contributed by atoms with Crippen LogP contribution in [0.25, 0.3) is 10.8 Å². The minimum Gasteiger partial charge on any atom is -0.481 e. The number of anilines is 1. The van der Waals surface area contributed by atoms with Crippen molar-refractivity contribution in [2.75, 3.05) is 18.0 Å². The van der Waals surface area contributed by atoms with Gasteiger partial charge in [0.05, 0.1) is 6.42 Å². The van der Waals surface area contributed by atoms with Crippen molar-refractivity contribution in [2.24, 2.45) is 0 Å². The van der Waals surface area contributed by atoms with Crippen LogP contribution in [0.5, 0.6) is 0 Å². The Hall–Kier alpha value is -2.30. The zero-order valence-electron chi connectivity index (χ0n) is 13.1. The van der Waals surface area contributed by atoms with Gasteiger partial charge < -0.3 is 14.6 Å². The smallest absolute Gasteiger partial charge is 0.305 e. The third-order valence-electron chi connectivity index (χ3n) is 3.77. The molecule has 2 aromatic rings. The van der Waals surface area contributed by atoms with E-state index < -0.39 is 5.97 Å². The molecule has 0 saturated carbocycles. The Balaban J connectivity index is 2.36. The summed E-state index contributed by atoms with van der Waals surface area (Å²) in [6, 6.07) is 7.63. The van der Waals surface area contributed by atoms with Gasteiger partial charge in [-0.15, -0.1) is 0 Å². The second kappa shape index (κ2) is 7.11. The third kappa shape index (κ3) is 3.47. The van der Waals surface area contributed by atoms with Crippen LogP contribution in [0.3, 0.4) is 0 Å². The maximum Gasteiger partial charge on any atom is 0.305 e. The summed E-state index contributed by atoms with van der Waals surface area (Å²) in [7, 11) is 0. The number of carboxylic acids is 1. The van der Waals surface area contributed by atoms with Gasteiger partial charge in [-0.25, -0.2) is 0 Å². The van der Waals surface area contributed by atoms with Crippen molar-refractivity contribution in [3.05, 3.63) is 40.8 Å². The molecule has 2 rings (SSSR count). The number of hydrogen-bond acceptors (Lipinski definition) is 3. The molecule has 0 aliphatic carbocycles. The second-order valence-electron chi connectivity index (χ2n) is 5.31. The fourth-order valence-corrected chi connectivity index (χ4v) is 2.59. The molecule has 1 aromatic heterocycles. The van der Waals surface area contributed by atoms with E-state index in [-0.39, 0.29) is 12.0 Å². The number of benzene rings is 1. The van der Waals surface area contributed by atoms with Crippen LogP contribution in [-0.4, -0.2) is 28.7 Å². The summed E-state index contributed by atoms with van der Waals surface area (Å²) < 4.78 is 1.73. The fraction of sp³-hybridized carbons (Fsp3) is 0.412. The van der Waals surface area contributed by atoms with E-state index in [4.69, 9.17) is 5.11 Å². The molecule has 0 amide bonds. The quantitative estimate of drug-likeness (QED) is 0.854. The van der Waals surface area contributed by atoms with Crippen LogP contribution >= 0.6 is 0 Å². The van der Waals surface area contributed by atoms with Gasteiger partial charge in [-0.3, -0.25) is 9.59 Å². The summed E-state index contributed by atoms with van der Waals surface area (Å²) in [6.07, 6.45) is 2.84. The highest BCUT2D eigenvalue weighted by Gasteiger charge is 2.09. The molecule has 0 unspecified atom stereocenters. The molecule has 1 N–H and O–H groups in total. The van der Waals surface area contributed by atoms with Crippen LogP contribution in [-0.2, 0) is 11.3 Å². The molecular weight excluding hydrogens is 280 g/mol. The first-order valence-corrected chi connectivity index (χ1v) is 7.66. The number of fused-ring (bicyclic) bond motifs is 1. The lowest BCUT2D eigenvalue weighted by Crippen LogP contribution is -2.26. The lowest BCUT2D eigenvalue weighted by Gasteiger charge is -2.22. The molecule has 0 bridgehead atoms. The van der Waals surface area contributed by atoms with Gasteiger partial charge >= 0.3 is 5.97 Å². The standard InChI is InChI=1S/C17H22N2O3/c1-3-9-19-10-7-13-12-14(5-6-15(13)17(19)22)18(4-2)11-8-16(20)21/h5-7,10,12H,3-4,8-9,11H2,1-2H3,(H,20,21). The highest BCUT2D eigenvalue weighted by molar-refractivity contribution is 5.85. The molecule has 0 spiro atoms. The van der Waals surface area contributed by atoms with Gasteiger partial charge in [0.25, 0.3) is 5.56 Å².